The number of hydrogen-bond acceptors (Lipinski definition) is 9. The fraction of sp³-hybridized carbons (Fsp3) is 0.842. The molecule has 0 saturated carbocycles. The molecule has 2 rings (SSSR count). The van der Waals surface area contributed by atoms with Crippen LogP contribution >= 0.6 is 8.60 Å². The van der Waals surface area contributed by atoms with Gasteiger partial charge in [-0.05, 0) is 13.3 Å². The van der Waals surface area contributed by atoms with Crippen LogP contribution in [0.15, 0.2) is 0 Å². The Morgan fingerprint density at radius 3 is 2.59 bits per heavy atom. The molecule has 0 aromatic heterocycles. The Kier molecular flexibility index (Phi) is 9.62. The predicted molar refractivity (Wildman–Crippen MR) is 103 cm³/mol. The van der Waals surface area contributed by atoms with E-state index in [4.69, 9.17) is 35.8 Å². The number of Topliss-reactive ketones (excluding diaryl/α,β-unsaturated/α-hetero) is 1. The van der Waals surface area contributed by atoms with E-state index in [9.17, 15) is 9.59 Å². The van der Waals surface area contributed by atoms with Crippen molar-refractivity contribution < 1.29 is 40.1 Å². The van der Waals surface area contributed by atoms with Crippen molar-refractivity contribution >= 4 is 20.4 Å². The molecule has 2 aliphatic rings. The van der Waals surface area contributed by atoms with E-state index in [1.54, 1.807) is 0 Å². The third-order valence-electron chi connectivity index (χ3n) is 4.37. The molecule has 2 aliphatic heterocycles. The van der Waals surface area contributed by atoms with Crippen LogP contribution in [0.4, 0.5) is 0 Å². The fourth-order valence-corrected chi connectivity index (χ4v) is 3.93. The van der Waals surface area contributed by atoms with E-state index < -0.39 is 39.9 Å². The van der Waals surface area contributed by atoms with Gasteiger partial charge in [0.2, 0.25) is 0 Å². The summed E-state index contributed by atoms with van der Waals surface area (Å²) in [6.45, 7) is 1.89. The largest absolute Gasteiger partial charge is 0.459 e. The monoisotopic (exact) mass is 435 g/mol. The number of nitriles is 1. The average Bonchev–Trinajstić information content (AvgIpc) is 3.25. The molecule has 9 nitrogen and oxygen atoms in total. The van der Waals surface area contributed by atoms with Crippen molar-refractivity contribution in [1.82, 2.24) is 0 Å². The minimum Gasteiger partial charge on any atom is -0.459 e. The van der Waals surface area contributed by atoms with E-state index in [0.29, 0.717) is 12.8 Å². The molecule has 29 heavy (non-hydrogen) atoms. The highest BCUT2D eigenvalue weighted by atomic mass is 31.2. The molecule has 0 aliphatic carbocycles. The van der Waals surface area contributed by atoms with Gasteiger partial charge in [0.15, 0.2) is 0 Å². The first-order chi connectivity index (χ1) is 14.8. The first kappa shape index (κ1) is 21.1. The summed E-state index contributed by atoms with van der Waals surface area (Å²) in [5.41, 5.74) is 0. The van der Waals surface area contributed by atoms with E-state index in [1.165, 1.54) is 6.92 Å². The first-order valence-electron chi connectivity index (χ1n) is 10.9. The summed E-state index contributed by atoms with van der Waals surface area (Å²) < 4.78 is 49.2. The van der Waals surface area contributed by atoms with Crippen LogP contribution in [-0.4, -0.2) is 62.5 Å². The van der Waals surface area contributed by atoms with Gasteiger partial charge in [-0.25, -0.2) is 0 Å². The number of carbonyl (C=O) groups is 2. The number of ketones is 1. The number of nitrogens with zero attached hydrogens (tertiary/aromatic N) is 1. The molecular weight excluding hydrogens is 401 g/mol. The van der Waals surface area contributed by atoms with Crippen LogP contribution in [-0.2, 0) is 37.4 Å². The van der Waals surface area contributed by atoms with Gasteiger partial charge in [-0.1, -0.05) is 6.92 Å². The van der Waals surface area contributed by atoms with Crippen molar-refractivity contribution in [2.24, 2.45) is 0 Å². The lowest BCUT2D eigenvalue weighted by Gasteiger charge is -2.25. The summed E-state index contributed by atoms with van der Waals surface area (Å²) in [5.74, 6) is -0.631. The quantitative estimate of drug-likeness (QED) is 0.245. The maximum atomic E-state index is 12.0. The molecule has 164 valence electrons. The van der Waals surface area contributed by atoms with Crippen LogP contribution < -0.4 is 0 Å². The Balaban J connectivity index is 1.90. The maximum Gasteiger partial charge on any atom is 0.333 e. The van der Waals surface area contributed by atoms with Gasteiger partial charge in [-0.15, -0.1) is 0 Å². The Hall–Kier alpha value is -1.14. The fourth-order valence-electron chi connectivity index (χ4n) is 2.78. The van der Waals surface area contributed by atoms with Crippen molar-refractivity contribution in [3.05, 3.63) is 0 Å². The van der Waals surface area contributed by atoms with Crippen LogP contribution in [0, 0.1) is 11.3 Å². The van der Waals surface area contributed by atoms with Crippen LogP contribution in [0.5, 0.6) is 0 Å². The summed E-state index contributed by atoms with van der Waals surface area (Å²) in [5, 5.41) is 8.75. The highest BCUT2D eigenvalue weighted by Gasteiger charge is 2.35. The number of ether oxygens (including phenoxy) is 3. The van der Waals surface area contributed by atoms with E-state index in [-0.39, 0.29) is 56.9 Å². The number of esters is 1. The summed E-state index contributed by atoms with van der Waals surface area (Å²) in [7, 11) is -1.86. The lowest BCUT2D eigenvalue weighted by molar-refractivity contribution is -0.153. The third-order valence-corrected chi connectivity index (χ3v) is 5.57. The van der Waals surface area contributed by atoms with E-state index in [0.717, 1.165) is 0 Å². The average molecular weight is 435 g/mol. The Bertz CT molecular complexity index is 637. The molecule has 0 aromatic carbocycles. The van der Waals surface area contributed by atoms with Crippen molar-refractivity contribution in [3.8, 4) is 6.07 Å². The van der Waals surface area contributed by atoms with Crippen LogP contribution in [0.2, 0.25) is 0 Å². The molecule has 0 amide bonds. The van der Waals surface area contributed by atoms with Crippen molar-refractivity contribution in [2.45, 2.75) is 76.8 Å². The van der Waals surface area contributed by atoms with Gasteiger partial charge in [0.05, 0.1) is 53.7 Å². The van der Waals surface area contributed by atoms with Gasteiger partial charge in [-0.2, -0.15) is 5.26 Å². The van der Waals surface area contributed by atoms with E-state index >= 15 is 0 Å². The maximum absolute atomic E-state index is 12.0. The van der Waals surface area contributed by atoms with Crippen molar-refractivity contribution in [2.75, 3.05) is 26.4 Å². The SMILES string of the molecule is [3H][C@@H]1C[C@@H](OP(OCCC#N)OC[C@H]2O[C@@H]([3H])C[C@H]2OC(=O)CCC(C)=O)[C@@H](CC)O1. The summed E-state index contributed by atoms with van der Waals surface area (Å²) in [4.78, 5) is 23.0. The lowest BCUT2D eigenvalue weighted by Crippen LogP contribution is -2.31. The predicted octanol–water partition coefficient (Wildman–Crippen LogP) is 2.81. The molecule has 7 atom stereocenters. The number of hydrogen-bond donors (Lipinski definition) is 0. The molecule has 0 N–H and O–H groups in total. The molecule has 10 heteroatoms. The Labute approximate surface area is 175 Å². The molecule has 1 unspecified atom stereocenters. The smallest absolute Gasteiger partial charge is 0.333 e. The summed E-state index contributed by atoms with van der Waals surface area (Å²) >= 11 is 0. The van der Waals surface area contributed by atoms with Gasteiger partial charge in [0.1, 0.15) is 18.0 Å². The standard InChI is InChI=1S/C19H30NO8P/c1-3-15-17(8-12-23-15)28-29(25-10-4-9-20)26-13-18-16(7-11-24-18)27-19(22)6-5-14(2)21/h15-18H,3-8,10-13H2,1-2H3/t15-,16-,17-,18-,29?/m1/s1/i11T,12T/t11-,12+,15+,16+,17+,18+,29?/m0. The second-order valence-corrected chi connectivity index (χ2v) is 7.87. The molecular formula is C19H30NO8P. The van der Waals surface area contributed by atoms with E-state index in [2.05, 4.69) is 0 Å². The number of rotatable bonds is 13. The van der Waals surface area contributed by atoms with E-state index in [1.807, 2.05) is 13.0 Å². The summed E-state index contributed by atoms with van der Waals surface area (Å²) in [6.07, 6.45) is -0.471. The molecule has 0 aromatic rings. The minimum atomic E-state index is -1.86. The van der Waals surface area contributed by atoms with Crippen molar-refractivity contribution in [1.29, 1.82) is 5.26 Å². The topological polar surface area (TPSA) is 113 Å². The number of carbonyl (C=O) groups excluding carboxylic acids is 2. The first-order valence-corrected chi connectivity index (χ1v) is 10.9. The molecule has 0 spiro atoms. The van der Waals surface area contributed by atoms with Gasteiger partial charge >= 0.3 is 14.6 Å². The minimum absolute atomic E-state index is 0.0243. The normalized spacial score (nSPS) is 33.6. The third kappa shape index (κ3) is 8.63. The van der Waals surface area contributed by atoms with Crippen LogP contribution in [0.1, 0.15) is 55.1 Å². The Morgan fingerprint density at radius 2 is 1.90 bits per heavy atom. The lowest BCUT2D eigenvalue weighted by atomic mass is 10.1. The van der Waals surface area contributed by atoms with Crippen LogP contribution in [0.3, 0.4) is 0 Å². The highest BCUT2D eigenvalue weighted by Crippen LogP contribution is 2.44. The molecule has 2 fully saturated rings. The van der Waals surface area contributed by atoms with Crippen LogP contribution in [0.25, 0.3) is 0 Å². The Morgan fingerprint density at radius 1 is 1.17 bits per heavy atom. The van der Waals surface area contributed by atoms with Gasteiger partial charge in [-0.3, -0.25) is 4.79 Å². The zero-order valence-corrected chi connectivity index (χ0v) is 17.7. The molecule has 2 heterocycles. The second-order valence-electron chi connectivity index (χ2n) is 6.70. The molecule has 0 bridgehead atoms. The molecule has 0 radical (unpaired) electrons. The van der Waals surface area contributed by atoms with Gasteiger partial charge < -0.3 is 32.6 Å². The highest BCUT2D eigenvalue weighted by molar-refractivity contribution is 7.41. The van der Waals surface area contributed by atoms with Gasteiger partial charge in [0, 0.05) is 25.8 Å². The molecule has 2 saturated heterocycles. The van der Waals surface area contributed by atoms with Crippen molar-refractivity contribution in [3.63, 3.8) is 0 Å². The summed E-state index contributed by atoms with van der Waals surface area (Å²) in [6, 6.07) is 1.98. The second kappa shape index (κ2) is 13.2. The zero-order chi connectivity index (χ0) is 22.8. The zero-order valence-electron chi connectivity index (χ0n) is 18.8. The van der Waals surface area contributed by atoms with Gasteiger partial charge in [0.25, 0.3) is 0 Å².